The van der Waals surface area contributed by atoms with E-state index < -0.39 is 49.5 Å². The van der Waals surface area contributed by atoms with Crippen molar-refractivity contribution in [3.8, 4) is 0 Å². The molecule has 1 aliphatic rings. The molecular formula is C33H59NO8. The minimum absolute atomic E-state index is 0.199. The Bertz CT molecular complexity index is 756. The summed E-state index contributed by atoms with van der Waals surface area (Å²) in [5.41, 5.74) is 0. The molecule has 42 heavy (non-hydrogen) atoms. The molecule has 0 radical (unpaired) electrons. The first-order valence-corrected chi connectivity index (χ1v) is 16.2. The molecule has 0 saturated carbocycles. The average Bonchev–Trinajstić information content (AvgIpc) is 2.98. The molecule has 6 N–H and O–H groups in total. The second-order valence-electron chi connectivity index (χ2n) is 11.2. The monoisotopic (exact) mass is 597 g/mol. The van der Waals surface area contributed by atoms with Crippen LogP contribution in [0, 0.1) is 0 Å². The number of carbonyl (C=O) groups is 1. The number of allylic oxidation sites excluding steroid dienone is 5. The number of carbonyl (C=O) groups excluding carboxylic acids is 1. The van der Waals surface area contributed by atoms with Crippen LogP contribution in [0.5, 0.6) is 0 Å². The molecular weight excluding hydrogens is 538 g/mol. The summed E-state index contributed by atoms with van der Waals surface area (Å²) in [6, 6.07) is -0.805. The third-order valence-electron chi connectivity index (χ3n) is 7.46. The number of hydrogen-bond acceptors (Lipinski definition) is 8. The zero-order valence-electron chi connectivity index (χ0n) is 26.0. The SMILES string of the molecule is CCCC/C=C/C(O)C(COC1OC(CO)C(O)C(O)C1O)NC(=O)CCCCCCC/C=C\C/C=C\CCCCC. The lowest BCUT2D eigenvalue weighted by molar-refractivity contribution is -0.302. The fourth-order valence-electron chi connectivity index (χ4n) is 4.70. The molecule has 9 nitrogen and oxygen atoms in total. The van der Waals surface area contributed by atoms with Gasteiger partial charge in [0.1, 0.15) is 24.4 Å². The quantitative estimate of drug-likeness (QED) is 0.0716. The van der Waals surface area contributed by atoms with Crippen molar-refractivity contribution in [1.29, 1.82) is 0 Å². The molecule has 7 atom stereocenters. The highest BCUT2D eigenvalue weighted by Crippen LogP contribution is 2.22. The Morgan fingerprint density at radius 1 is 0.810 bits per heavy atom. The van der Waals surface area contributed by atoms with Crippen molar-refractivity contribution < 1.29 is 39.8 Å². The zero-order chi connectivity index (χ0) is 31.0. The van der Waals surface area contributed by atoms with Crippen LogP contribution in [0.3, 0.4) is 0 Å². The third kappa shape index (κ3) is 16.9. The number of rotatable bonds is 24. The van der Waals surface area contributed by atoms with Crippen LogP contribution in [0.15, 0.2) is 36.5 Å². The lowest BCUT2D eigenvalue weighted by Crippen LogP contribution is -2.60. The number of amides is 1. The van der Waals surface area contributed by atoms with E-state index >= 15 is 0 Å². The predicted octanol–water partition coefficient (Wildman–Crippen LogP) is 4.21. The van der Waals surface area contributed by atoms with Crippen molar-refractivity contribution in [1.82, 2.24) is 5.32 Å². The standard InChI is InChI=1S/C33H59NO8/c1-3-5-7-9-10-11-12-13-14-15-16-17-18-19-21-23-29(37)34-26(27(36)22-20-8-6-4-2)25-41-33-32(40)31(39)30(38)28(24-35)42-33/h10-11,13-14,20,22,26-28,30-33,35-36,38-40H,3-9,12,15-19,21,23-25H2,1-2H3,(H,34,37)/b11-10-,14-13-,22-20+. The van der Waals surface area contributed by atoms with Gasteiger partial charge in [-0.15, -0.1) is 0 Å². The molecule has 1 amide bonds. The minimum atomic E-state index is -1.56. The summed E-state index contributed by atoms with van der Waals surface area (Å²) in [5.74, 6) is -0.205. The van der Waals surface area contributed by atoms with Gasteiger partial charge in [0.15, 0.2) is 6.29 Å². The highest BCUT2D eigenvalue weighted by molar-refractivity contribution is 5.76. The number of aliphatic hydroxyl groups is 5. The molecule has 7 unspecified atom stereocenters. The molecule has 1 fully saturated rings. The van der Waals surface area contributed by atoms with Crippen molar-refractivity contribution in [2.75, 3.05) is 13.2 Å². The number of ether oxygens (including phenoxy) is 2. The van der Waals surface area contributed by atoms with E-state index in [9.17, 15) is 30.3 Å². The summed E-state index contributed by atoms with van der Waals surface area (Å²) in [7, 11) is 0. The summed E-state index contributed by atoms with van der Waals surface area (Å²) in [6.07, 6.45) is 19.6. The second kappa shape index (κ2) is 24.8. The average molecular weight is 598 g/mol. The van der Waals surface area contributed by atoms with Crippen LogP contribution in [-0.4, -0.2) is 87.5 Å². The number of nitrogens with one attached hydrogen (secondary N) is 1. The minimum Gasteiger partial charge on any atom is -0.394 e. The van der Waals surface area contributed by atoms with E-state index in [4.69, 9.17) is 9.47 Å². The lowest BCUT2D eigenvalue weighted by atomic mass is 9.99. The summed E-state index contributed by atoms with van der Waals surface area (Å²) in [6.45, 7) is 3.53. The van der Waals surface area contributed by atoms with Gasteiger partial charge in [0.05, 0.1) is 25.4 Å². The summed E-state index contributed by atoms with van der Waals surface area (Å²) < 4.78 is 11.0. The Morgan fingerprint density at radius 2 is 1.43 bits per heavy atom. The number of hydrogen-bond donors (Lipinski definition) is 6. The van der Waals surface area contributed by atoms with Crippen molar-refractivity contribution in [2.24, 2.45) is 0 Å². The van der Waals surface area contributed by atoms with Gasteiger partial charge in [0.25, 0.3) is 0 Å². The van der Waals surface area contributed by atoms with Gasteiger partial charge >= 0.3 is 0 Å². The van der Waals surface area contributed by atoms with E-state index in [2.05, 4.69) is 43.5 Å². The maximum Gasteiger partial charge on any atom is 0.220 e. The first kappa shape index (κ1) is 38.4. The topological polar surface area (TPSA) is 149 Å². The van der Waals surface area contributed by atoms with E-state index in [1.165, 1.54) is 25.7 Å². The molecule has 0 aromatic carbocycles. The molecule has 0 bridgehead atoms. The predicted molar refractivity (Wildman–Crippen MR) is 166 cm³/mol. The van der Waals surface area contributed by atoms with Crippen LogP contribution in [0.1, 0.15) is 110 Å². The second-order valence-corrected chi connectivity index (χ2v) is 11.2. The molecule has 1 saturated heterocycles. The fraction of sp³-hybridized carbons (Fsp3) is 0.788. The lowest BCUT2D eigenvalue weighted by Gasteiger charge is -2.40. The van der Waals surface area contributed by atoms with Crippen LogP contribution < -0.4 is 5.32 Å². The maximum absolute atomic E-state index is 12.7. The van der Waals surface area contributed by atoms with Crippen molar-refractivity contribution >= 4 is 5.91 Å². The number of unbranched alkanes of at least 4 members (excludes halogenated alkanes) is 10. The molecule has 0 spiro atoms. The largest absolute Gasteiger partial charge is 0.394 e. The Kier molecular flexibility index (Phi) is 22.7. The molecule has 0 aromatic heterocycles. The molecule has 1 aliphatic heterocycles. The van der Waals surface area contributed by atoms with Gasteiger partial charge in [-0.05, 0) is 44.9 Å². The first-order chi connectivity index (χ1) is 20.3. The molecule has 0 aromatic rings. The Balaban J connectivity index is 2.40. The molecule has 244 valence electrons. The van der Waals surface area contributed by atoms with Crippen LogP contribution in [0.2, 0.25) is 0 Å². The highest BCUT2D eigenvalue weighted by atomic mass is 16.7. The van der Waals surface area contributed by atoms with Gasteiger partial charge < -0.3 is 40.3 Å². The fourth-order valence-corrected chi connectivity index (χ4v) is 4.70. The zero-order valence-corrected chi connectivity index (χ0v) is 26.0. The van der Waals surface area contributed by atoms with E-state index in [0.29, 0.717) is 6.42 Å². The smallest absolute Gasteiger partial charge is 0.220 e. The van der Waals surface area contributed by atoms with Crippen molar-refractivity contribution in [3.05, 3.63) is 36.5 Å². The van der Waals surface area contributed by atoms with Gasteiger partial charge in [-0.3, -0.25) is 4.79 Å². The van der Waals surface area contributed by atoms with E-state index in [1.54, 1.807) is 6.08 Å². The normalized spacial score (nSPS) is 24.6. The van der Waals surface area contributed by atoms with Crippen LogP contribution in [0.4, 0.5) is 0 Å². The van der Waals surface area contributed by atoms with Gasteiger partial charge in [0, 0.05) is 6.42 Å². The first-order valence-electron chi connectivity index (χ1n) is 16.2. The van der Waals surface area contributed by atoms with E-state index in [1.807, 2.05) is 6.08 Å². The van der Waals surface area contributed by atoms with Crippen molar-refractivity contribution in [3.63, 3.8) is 0 Å². The van der Waals surface area contributed by atoms with E-state index in [-0.39, 0.29) is 12.5 Å². The summed E-state index contributed by atoms with van der Waals surface area (Å²) in [4.78, 5) is 12.7. The van der Waals surface area contributed by atoms with Gasteiger partial charge in [-0.2, -0.15) is 0 Å². The molecule has 0 aliphatic carbocycles. The Morgan fingerprint density at radius 3 is 2.10 bits per heavy atom. The van der Waals surface area contributed by atoms with Crippen LogP contribution in [0.25, 0.3) is 0 Å². The maximum atomic E-state index is 12.7. The van der Waals surface area contributed by atoms with Crippen molar-refractivity contribution in [2.45, 2.75) is 153 Å². The summed E-state index contributed by atoms with van der Waals surface area (Å²) >= 11 is 0. The van der Waals surface area contributed by atoms with Gasteiger partial charge in [0.2, 0.25) is 5.91 Å². The molecule has 1 rings (SSSR count). The Hall–Kier alpha value is -1.59. The molecule has 1 heterocycles. The summed E-state index contributed by atoms with van der Waals surface area (Å²) in [5, 5.41) is 53.2. The van der Waals surface area contributed by atoms with E-state index in [0.717, 1.165) is 64.2 Å². The molecule has 9 heteroatoms. The number of aliphatic hydroxyl groups excluding tert-OH is 5. The van der Waals surface area contributed by atoms with Gasteiger partial charge in [-0.1, -0.05) is 95.2 Å². The Labute approximate surface area is 253 Å². The highest BCUT2D eigenvalue weighted by Gasteiger charge is 2.44. The van der Waals surface area contributed by atoms with Crippen LogP contribution >= 0.6 is 0 Å². The van der Waals surface area contributed by atoms with Crippen LogP contribution in [-0.2, 0) is 14.3 Å². The third-order valence-corrected chi connectivity index (χ3v) is 7.46. The van der Waals surface area contributed by atoms with Gasteiger partial charge in [-0.25, -0.2) is 0 Å².